The second-order valence-electron chi connectivity index (χ2n) is 4.94. The van der Waals surface area contributed by atoms with E-state index in [0.29, 0.717) is 10.8 Å². The topological polar surface area (TPSA) is 72.9 Å². The summed E-state index contributed by atoms with van der Waals surface area (Å²) in [7, 11) is 0. The summed E-state index contributed by atoms with van der Waals surface area (Å²) in [5.41, 5.74) is 3.69. The van der Waals surface area contributed by atoms with Crippen molar-refractivity contribution in [3.8, 4) is 0 Å². The Hall–Kier alpha value is -1.61. The molecule has 3 aromatic rings. The summed E-state index contributed by atoms with van der Waals surface area (Å²) < 4.78 is 16.2. The zero-order valence-electron chi connectivity index (χ0n) is 14.5. The Kier molecular flexibility index (Phi) is 10.3. The Bertz CT molecular complexity index is 817. The molecule has 0 aliphatic carbocycles. The van der Waals surface area contributed by atoms with Crippen LogP contribution in [0.15, 0.2) is 51.5 Å². The lowest BCUT2D eigenvalue weighted by Crippen LogP contribution is -2.20. The highest BCUT2D eigenvalue weighted by Crippen LogP contribution is 2.22. The third-order valence-corrected chi connectivity index (χ3v) is 4.64. The van der Waals surface area contributed by atoms with Crippen LogP contribution in [0.3, 0.4) is 0 Å². The van der Waals surface area contributed by atoms with Crippen molar-refractivity contribution < 1.29 is 9.18 Å². The lowest BCUT2D eigenvalue weighted by Gasteiger charge is -1.97. The van der Waals surface area contributed by atoms with Gasteiger partial charge in [0.05, 0.1) is 17.3 Å². The van der Waals surface area contributed by atoms with Gasteiger partial charge in [-0.05, 0) is 47.1 Å². The summed E-state index contributed by atoms with van der Waals surface area (Å²) in [6.45, 7) is 5.80. The van der Waals surface area contributed by atoms with Gasteiger partial charge in [0.1, 0.15) is 5.82 Å². The first-order valence-electron chi connectivity index (χ1n) is 7.92. The minimum absolute atomic E-state index is 0.0718. The Balaban J connectivity index is 0.000000220. The summed E-state index contributed by atoms with van der Waals surface area (Å²) >= 11 is 6.52. The van der Waals surface area contributed by atoms with E-state index in [1.54, 1.807) is 6.07 Å². The first kappa shape index (κ1) is 22.4. The summed E-state index contributed by atoms with van der Waals surface area (Å²) in [6.07, 6.45) is 2.38. The van der Waals surface area contributed by atoms with Crippen LogP contribution in [0.4, 0.5) is 4.39 Å². The van der Waals surface area contributed by atoms with Crippen LogP contribution in [0.1, 0.15) is 24.2 Å². The molecular weight excluding hydrogens is 467 g/mol. The van der Waals surface area contributed by atoms with E-state index in [2.05, 4.69) is 55.4 Å². The van der Waals surface area contributed by atoms with Crippen molar-refractivity contribution in [3.63, 3.8) is 0 Å². The van der Waals surface area contributed by atoms with Crippen molar-refractivity contribution >= 4 is 49.0 Å². The number of benzene rings is 2. The van der Waals surface area contributed by atoms with E-state index in [1.807, 2.05) is 29.9 Å². The number of aryl methyl sites for hydroxylation is 1. The molecule has 0 amide bonds. The van der Waals surface area contributed by atoms with Crippen LogP contribution < -0.4 is 11.3 Å². The Morgan fingerprint density at radius 3 is 2.31 bits per heavy atom. The molecule has 3 rings (SSSR count). The number of hydrogen-bond donors (Lipinski definition) is 2. The lowest BCUT2D eigenvalue weighted by molar-refractivity contribution is 0.111. The van der Waals surface area contributed by atoms with Crippen molar-refractivity contribution in [1.29, 1.82) is 0 Å². The number of fused-ring (bicyclic) bond motifs is 1. The fraction of sp³-hybridized carbons (Fsp3) is 0.222. The van der Waals surface area contributed by atoms with Gasteiger partial charge < -0.3 is 0 Å². The number of aldehydes is 1. The number of halogens is 3. The average molecular weight is 488 g/mol. The third-order valence-electron chi connectivity index (χ3n) is 3.26. The molecule has 0 radical (unpaired) electrons. The van der Waals surface area contributed by atoms with Crippen molar-refractivity contribution in [3.05, 3.63) is 62.9 Å². The van der Waals surface area contributed by atoms with Crippen LogP contribution in [0.2, 0.25) is 0 Å². The summed E-state index contributed by atoms with van der Waals surface area (Å²) in [6, 6.07) is 10.5. The van der Waals surface area contributed by atoms with Crippen LogP contribution >= 0.6 is 31.9 Å². The Morgan fingerprint density at radius 2 is 1.81 bits per heavy atom. The fourth-order valence-corrected chi connectivity index (χ4v) is 2.84. The lowest BCUT2D eigenvalue weighted by atomic mass is 10.2. The first-order valence-corrected chi connectivity index (χ1v) is 9.51. The van der Waals surface area contributed by atoms with E-state index >= 15 is 0 Å². The van der Waals surface area contributed by atoms with Gasteiger partial charge in [0, 0.05) is 27.4 Å². The molecule has 140 valence electrons. The van der Waals surface area contributed by atoms with Crippen LogP contribution in [0, 0.1) is 5.82 Å². The first-order chi connectivity index (χ1) is 12.5. The molecule has 0 spiro atoms. The molecule has 0 saturated heterocycles. The molecule has 0 unspecified atom stereocenters. The molecule has 0 aliphatic rings. The normalized spacial score (nSPS) is 9.77. The largest absolute Gasteiger partial charge is 0.298 e. The van der Waals surface area contributed by atoms with Crippen LogP contribution in [-0.4, -0.2) is 22.6 Å². The summed E-state index contributed by atoms with van der Waals surface area (Å²) in [5, 5.41) is 5.44. The van der Waals surface area contributed by atoms with Gasteiger partial charge in [-0.1, -0.05) is 35.0 Å². The molecule has 2 aromatic carbocycles. The number of carbonyl (C=O) groups excluding carboxylic acids is 1. The van der Waals surface area contributed by atoms with Gasteiger partial charge in [0.25, 0.3) is 0 Å². The number of rotatable bonds is 3. The van der Waals surface area contributed by atoms with Gasteiger partial charge in [-0.15, -0.1) is 0 Å². The molecule has 0 saturated carbocycles. The van der Waals surface area contributed by atoms with Crippen LogP contribution in [-0.2, 0) is 6.54 Å². The van der Waals surface area contributed by atoms with Crippen molar-refractivity contribution in [1.82, 2.24) is 15.2 Å². The maximum absolute atomic E-state index is 12.6. The zero-order chi connectivity index (χ0) is 19.5. The smallest absolute Gasteiger partial charge is 0.154 e. The standard InChI is InChI=1S/C9H9BrN2.C7H4BrFO.C2H8N2/c1-2-12-9-5-3-4-8(10)7(9)6-11-12;8-6-2-1-3-7(9)5(6)4-10;1-2-4-3/h3-6H,2H2,1H3;1-4H;4H,2-3H2,1H3. The van der Waals surface area contributed by atoms with Gasteiger partial charge in [0.2, 0.25) is 0 Å². The molecule has 0 fully saturated rings. The number of hydrazine groups is 1. The Labute approximate surface area is 169 Å². The summed E-state index contributed by atoms with van der Waals surface area (Å²) in [4.78, 5) is 10.2. The second kappa shape index (κ2) is 11.9. The molecule has 0 bridgehead atoms. The van der Waals surface area contributed by atoms with E-state index in [0.717, 1.165) is 17.6 Å². The minimum Gasteiger partial charge on any atom is -0.298 e. The molecule has 3 N–H and O–H groups in total. The quantitative estimate of drug-likeness (QED) is 0.319. The Morgan fingerprint density at radius 1 is 1.19 bits per heavy atom. The van der Waals surface area contributed by atoms with Crippen LogP contribution in [0.5, 0.6) is 0 Å². The molecular formula is C18H21Br2FN4O. The minimum atomic E-state index is -0.496. The molecule has 1 heterocycles. The van der Waals surface area contributed by atoms with Crippen molar-refractivity contribution in [2.75, 3.05) is 6.54 Å². The van der Waals surface area contributed by atoms with E-state index in [9.17, 15) is 9.18 Å². The summed E-state index contributed by atoms with van der Waals surface area (Å²) in [5.74, 6) is 4.28. The number of hydrogen-bond acceptors (Lipinski definition) is 4. The average Bonchev–Trinajstić information content (AvgIpc) is 3.07. The zero-order valence-corrected chi connectivity index (χ0v) is 17.7. The number of aromatic nitrogens is 2. The maximum atomic E-state index is 12.6. The maximum Gasteiger partial charge on any atom is 0.154 e. The fourth-order valence-electron chi connectivity index (χ4n) is 1.94. The number of carbonyl (C=O) groups is 1. The van der Waals surface area contributed by atoms with Gasteiger partial charge in [-0.3, -0.25) is 20.7 Å². The predicted octanol–water partition coefficient (Wildman–Crippen LogP) is 4.69. The van der Waals surface area contributed by atoms with Gasteiger partial charge >= 0.3 is 0 Å². The van der Waals surface area contributed by atoms with E-state index in [1.165, 1.54) is 23.0 Å². The monoisotopic (exact) mass is 486 g/mol. The van der Waals surface area contributed by atoms with E-state index in [-0.39, 0.29) is 5.56 Å². The number of nitrogens with zero attached hydrogens (tertiary/aromatic N) is 2. The SMILES string of the molecule is CCNN.CCn1ncc2c(Br)cccc21.O=Cc1c(F)cccc1Br. The van der Waals surface area contributed by atoms with Crippen molar-refractivity contribution in [2.24, 2.45) is 5.84 Å². The molecule has 0 aliphatic heterocycles. The number of nitrogens with two attached hydrogens (primary N) is 1. The van der Waals surface area contributed by atoms with E-state index in [4.69, 9.17) is 5.84 Å². The third kappa shape index (κ3) is 6.28. The predicted molar refractivity (Wildman–Crippen MR) is 110 cm³/mol. The van der Waals surface area contributed by atoms with Gasteiger partial charge in [-0.25, -0.2) is 4.39 Å². The van der Waals surface area contributed by atoms with Crippen LogP contribution in [0.25, 0.3) is 10.9 Å². The van der Waals surface area contributed by atoms with Gasteiger partial charge in [0.15, 0.2) is 6.29 Å². The van der Waals surface area contributed by atoms with Crippen molar-refractivity contribution in [2.45, 2.75) is 20.4 Å². The molecule has 26 heavy (non-hydrogen) atoms. The molecule has 0 atom stereocenters. The highest BCUT2D eigenvalue weighted by Gasteiger charge is 2.03. The number of nitrogens with one attached hydrogen (secondary N) is 1. The second-order valence-corrected chi connectivity index (χ2v) is 6.65. The van der Waals surface area contributed by atoms with Gasteiger partial charge in [-0.2, -0.15) is 5.10 Å². The highest BCUT2D eigenvalue weighted by atomic mass is 79.9. The molecule has 5 nitrogen and oxygen atoms in total. The molecule has 1 aromatic heterocycles. The van der Waals surface area contributed by atoms with E-state index < -0.39 is 5.82 Å². The molecule has 8 heteroatoms. The highest BCUT2D eigenvalue weighted by molar-refractivity contribution is 9.11.